The number of carbonyl (C=O) groups excluding carboxylic acids is 1. The highest BCUT2D eigenvalue weighted by Gasteiger charge is 2.33. The summed E-state index contributed by atoms with van der Waals surface area (Å²) in [6, 6.07) is 17.8. The number of morpholine rings is 1. The summed E-state index contributed by atoms with van der Waals surface area (Å²) < 4.78 is 18.1. The lowest BCUT2D eigenvalue weighted by molar-refractivity contribution is -0.138. The molecule has 208 valence electrons. The van der Waals surface area contributed by atoms with Crippen LogP contribution in [0.1, 0.15) is 23.9 Å². The van der Waals surface area contributed by atoms with Gasteiger partial charge in [-0.25, -0.2) is 9.79 Å². The van der Waals surface area contributed by atoms with Crippen molar-refractivity contribution >= 4 is 40.2 Å². The predicted molar refractivity (Wildman–Crippen MR) is 160 cm³/mol. The Morgan fingerprint density at radius 3 is 2.40 bits per heavy atom. The first-order chi connectivity index (χ1) is 19.4. The molecule has 8 nitrogen and oxygen atoms in total. The van der Waals surface area contributed by atoms with Gasteiger partial charge in [0.2, 0.25) is 0 Å². The summed E-state index contributed by atoms with van der Waals surface area (Å²) in [5, 5.41) is 11.5. The van der Waals surface area contributed by atoms with E-state index in [1.54, 1.807) is 38.3 Å². The minimum Gasteiger partial charge on any atom is -0.506 e. The highest BCUT2D eigenvalue weighted by Crippen LogP contribution is 2.41. The number of aliphatic hydroxyl groups is 1. The summed E-state index contributed by atoms with van der Waals surface area (Å²) in [7, 11) is 1.60. The van der Waals surface area contributed by atoms with Crippen molar-refractivity contribution < 1.29 is 24.1 Å². The monoisotopic (exact) mass is 559 g/mol. The van der Waals surface area contributed by atoms with Gasteiger partial charge in [0.15, 0.2) is 0 Å². The Hall–Kier alpha value is -3.95. The zero-order chi connectivity index (χ0) is 28.2. The molecule has 1 N–H and O–H groups in total. The molecule has 0 aliphatic carbocycles. The number of hydrogen-bond acceptors (Lipinski definition) is 8. The van der Waals surface area contributed by atoms with E-state index in [0.29, 0.717) is 21.4 Å². The van der Waals surface area contributed by atoms with Gasteiger partial charge < -0.3 is 28.8 Å². The topological polar surface area (TPSA) is 85.5 Å². The summed E-state index contributed by atoms with van der Waals surface area (Å²) in [4.78, 5) is 20.3. The zero-order valence-corrected chi connectivity index (χ0v) is 24.0. The summed E-state index contributed by atoms with van der Waals surface area (Å²) in [6.45, 7) is 9.32. The van der Waals surface area contributed by atoms with Gasteiger partial charge in [0.1, 0.15) is 22.1 Å². The lowest BCUT2D eigenvalue weighted by Gasteiger charge is -2.29. The molecule has 3 heterocycles. The van der Waals surface area contributed by atoms with Gasteiger partial charge in [-0.1, -0.05) is 11.8 Å². The smallest absolute Gasteiger partial charge is 0.344 e. The summed E-state index contributed by atoms with van der Waals surface area (Å²) in [6.07, 6.45) is 1.90. The van der Waals surface area contributed by atoms with Gasteiger partial charge in [0, 0.05) is 35.9 Å². The molecule has 40 heavy (non-hydrogen) atoms. The number of carbonyl (C=O) groups is 1. The number of thioether (sulfide) groups is 1. The Morgan fingerprint density at radius 1 is 1.07 bits per heavy atom. The van der Waals surface area contributed by atoms with Crippen LogP contribution in [0.25, 0.3) is 11.8 Å². The molecule has 0 amide bonds. The normalized spacial score (nSPS) is 17.6. The van der Waals surface area contributed by atoms with Gasteiger partial charge in [-0.15, -0.1) is 0 Å². The van der Waals surface area contributed by atoms with Crippen molar-refractivity contribution in [3.63, 3.8) is 0 Å². The summed E-state index contributed by atoms with van der Waals surface area (Å²) in [5.41, 5.74) is 5.98. The van der Waals surface area contributed by atoms with Crippen LogP contribution in [-0.4, -0.2) is 60.7 Å². The minimum absolute atomic E-state index is 0.0708. The number of esters is 1. The lowest BCUT2D eigenvalue weighted by atomic mass is 10.1. The molecule has 5 rings (SSSR count). The van der Waals surface area contributed by atoms with Gasteiger partial charge in [-0.05, 0) is 87.0 Å². The fourth-order valence-corrected chi connectivity index (χ4v) is 5.90. The quantitative estimate of drug-likeness (QED) is 0.349. The van der Waals surface area contributed by atoms with Crippen LogP contribution in [0.4, 0.5) is 11.4 Å². The fourth-order valence-electron chi connectivity index (χ4n) is 4.87. The number of hydrogen-bond donors (Lipinski definition) is 1. The predicted octanol–water partition coefficient (Wildman–Crippen LogP) is 6.13. The van der Waals surface area contributed by atoms with Crippen LogP contribution in [0.15, 0.2) is 75.8 Å². The molecule has 2 aromatic carbocycles. The number of rotatable bonds is 7. The number of aromatic nitrogens is 1. The first-order valence-electron chi connectivity index (χ1n) is 13.2. The van der Waals surface area contributed by atoms with E-state index in [4.69, 9.17) is 14.2 Å². The molecule has 1 fully saturated rings. The lowest BCUT2D eigenvalue weighted by Crippen LogP contribution is -2.36. The second-order valence-electron chi connectivity index (χ2n) is 9.45. The maximum Gasteiger partial charge on any atom is 0.344 e. The molecule has 1 aromatic heterocycles. The summed E-state index contributed by atoms with van der Waals surface area (Å²) >= 11 is 1.25. The molecule has 0 saturated carbocycles. The summed E-state index contributed by atoms with van der Waals surface area (Å²) in [5.74, 6) is -0.0249. The van der Waals surface area contributed by atoms with Crippen LogP contribution in [0.2, 0.25) is 0 Å². The third kappa shape index (κ3) is 5.66. The van der Waals surface area contributed by atoms with Gasteiger partial charge in [-0.3, -0.25) is 0 Å². The largest absolute Gasteiger partial charge is 0.506 e. The average Bonchev–Trinajstić information content (AvgIpc) is 3.43. The molecule has 0 unspecified atom stereocenters. The van der Waals surface area contributed by atoms with Crippen LogP contribution in [0, 0.1) is 13.8 Å². The molecule has 3 aromatic rings. The van der Waals surface area contributed by atoms with Crippen molar-refractivity contribution in [2.75, 3.05) is 44.9 Å². The number of aliphatic hydroxyl groups excluding tert-OH is 1. The third-order valence-electron chi connectivity index (χ3n) is 6.91. The van der Waals surface area contributed by atoms with Crippen molar-refractivity contribution in [1.29, 1.82) is 0 Å². The van der Waals surface area contributed by atoms with Crippen LogP contribution >= 0.6 is 11.8 Å². The number of benzene rings is 2. The number of anilines is 1. The SMILES string of the molecule is CCOC(=O)C1=C(O)/C(=C/c2cc(C)n(-c3ccc(N4CCOCC4)cc3)c2C)SC1=Nc1ccc(OC)cc1. The molecule has 2 aliphatic rings. The van der Waals surface area contributed by atoms with E-state index in [9.17, 15) is 9.90 Å². The van der Waals surface area contributed by atoms with E-state index in [0.717, 1.165) is 48.9 Å². The van der Waals surface area contributed by atoms with E-state index in [-0.39, 0.29) is 17.9 Å². The minimum atomic E-state index is -0.603. The Kier molecular flexibility index (Phi) is 8.32. The first kappa shape index (κ1) is 27.6. The molecule has 2 aliphatic heterocycles. The van der Waals surface area contributed by atoms with E-state index in [1.165, 1.54) is 17.4 Å². The Morgan fingerprint density at radius 2 is 1.75 bits per heavy atom. The number of ether oxygens (including phenoxy) is 3. The maximum absolute atomic E-state index is 12.8. The van der Waals surface area contributed by atoms with E-state index < -0.39 is 5.97 Å². The molecular weight excluding hydrogens is 526 g/mol. The zero-order valence-electron chi connectivity index (χ0n) is 23.1. The highest BCUT2D eigenvalue weighted by molar-refractivity contribution is 8.18. The first-order valence-corrected chi connectivity index (χ1v) is 14.1. The van der Waals surface area contributed by atoms with Crippen molar-refractivity contribution in [2.24, 2.45) is 4.99 Å². The van der Waals surface area contributed by atoms with E-state index in [2.05, 4.69) is 51.7 Å². The Labute approximate surface area is 238 Å². The number of methoxy groups -OCH3 is 1. The van der Waals surface area contributed by atoms with Crippen molar-refractivity contribution in [3.05, 3.63) is 87.8 Å². The Bertz CT molecular complexity index is 1480. The fraction of sp³-hybridized carbons (Fsp3) is 0.290. The van der Waals surface area contributed by atoms with Crippen molar-refractivity contribution in [1.82, 2.24) is 4.57 Å². The number of aryl methyl sites for hydroxylation is 1. The van der Waals surface area contributed by atoms with Crippen LogP contribution in [0.3, 0.4) is 0 Å². The molecule has 0 radical (unpaired) electrons. The Balaban J connectivity index is 1.46. The number of nitrogens with zero attached hydrogens (tertiary/aromatic N) is 3. The average molecular weight is 560 g/mol. The van der Waals surface area contributed by atoms with Crippen molar-refractivity contribution in [2.45, 2.75) is 20.8 Å². The maximum atomic E-state index is 12.8. The molecule has 0 spiro atoms. The third-order valence-corrected chi connectivity index (χ3v) is 7.93. The standard InChI is InChI=1S/C31H33N3O5S/c1-5-39-31(36)28-29(35)27(40-30(28)32-23-6-12-26(37-4)13-7-23)19-22-18-20(2)34(21(22)3)25-10-8-24(9-11-25)33-14-16-38-17-15-33/h6-13,18-19,35H,5,14-17H2,1-4H3/b27-19-,32-30?. The molecule has 0 bridgehead atoms. The van der Waals surface area contributed by atoms with Crippen molar-refractivity contribution in [3.8, 4) is 11.4 Å². The van der Waals surface area contributed by atoms with Gasteiger partial charge >= 0.3 is 5.97 Å². The molecular formula is C31H33N3O5S. The van der Waals surface area contributed by atoms with Gasteiger partial charge in [-0.2, -0.15) is 0 Å². The molecule has 1 saturated heterocycles. The molecule has 9 heteroatoms. The second-order valence-corrected chi connectivity index (χ2v) is 10.5. The number of aliphatic imine (C=N–C) groups is 1. The van der Waals surface area contributed by atoms with Crippen LogP contribution < -0.4 is 9.64 Å². The highest BCUT2D eigenvalue weighted by atomic mass is 32.2. The van der Waals surface area contributed by atoms with E-state index in [1.807, 2.05) is 13.0 Å². The van der Waals surface area contributed by atoms with Crippen LogP contribution in [0.5, 0.6) is 5.75 Å². The van der Waals surface area contributed by atoms with Gasteiger partial charge in [0.25, 0.3) is 0 Å². The molecule has 0 atom stereocenters. The second kappa shape index (κ2) is 12.1. The van der Waals surface area contributed by atoms with Gasteiger partial charge in [0.05, 0.1) is 37.5 Å². The van der Waals surface area contributed by atoms with E-state index >= 15 is 0 Å². The van der Waals surface area contributed by atoms with Crippen LogP contribution in [-0.2, 0) is 14.3 Å².